The normalized spacial score (nSPS) is 17.3. The van der Waals surface area contributed by atoms with E-state index in [4.69, 9.17) is 9.47 Å². The van der Waals surface area contributed by atoms with Gasteiger partial charge in [-0.3, -0.25) is 9.80 Å². The molecule has 0 atom stereocenters. The maximum absolute atomic E-state index is 5.81. The molecule has 0 bridgehead atoms. The van der Waals surface area contributed by atoms with Crippen LogP contribution in [0.3, 0.4) is 0 Å². The second kappa shape index (κ2) is 8.13. The molecule has 0 saturated carbocycles. The van der Waals surface area contributed by atoms with Gasteiger partial charge in [-0.15, -0.1) is 0 Å². The fraction of sp³-hybridized carbons (Fsp3) is 0.400. The van der Waals surface area contributed by atoms with Crippen molar-refractivity contribution in [2.75, 3.05) is 38.1 Å². The summed E-state index contributed by atoms with van der Waals surface area (Å²) < 4.78 is 11.6. The first kappa shape index (κ1) is 16.8. The highest BCUT2D eigenvalue weighted by Crippen LogP contribution is 2.25. The number of nitrogens with zero attached hydrogens (tertiary/aromatic N) is 2. The zero-order valence-electron chi connectivity index (χ0n) is 14.4. The highest BCUT2D eigenvalue weighted by Gasteiger charge is 2.17. The Morgan fingerprint density at radius 3 is 1.72 bits per heavy atom. The van der Waals surface area contributed by atoms with Crippen LogP contribution in [0.25, 0.3) is 0 Å². The molecule has 0 radical (unpaired) electrons. The highest BCUT2D eigenvalue weighted by atomic mass is 32.2. The van der Waals surface area contributed by atoms with Crippen molar-refractivity contribution in [2.24, 2.45) is 0 Å². The van der Waals surface area contributed by atoms with Crippen LogP contribution in [0.15, 0.2) is 48.5 Å². The van der Waals surface area contributed by atoms with Crippen molar-refractivity contribution in [1.82, 2.24) is 9.80 Å². The van der Waals surface area contributed by atoms with Crippen LogP contribution in [0, 0.1) is 0 Å². The SMILES string of the molecule is c1ccc2c(c1)CN(CCSCCN1COc3ccccc3C1)CO2. The average Bonchev–Trinajstić information content (AvgIpc) is 2.67. The first-order valence-electron chi connectivity index (χ1n) is 8.82. The van der Waals surface area contributed by atoms with Crippen molar-refractivity contribution in [3.8, 4) is 11.5 Å². The highest BCUT2D eigenvalue weighted by molar-refractivity contribution is 7.99. The molecule has 132 valence electrons. The summed E-state index contributed by atoms with van der Waals surface area (Å²) in [4.78, 5) is 4.74. The van der Waals surface area contributed by atoms with Crippen molar-refractivity contribution in [2.45, 2.75) is 13.1 Å². The van der Waals surface area contributed by atoms with Crippen LogP contribution >= 0.6 is 11.8 Å². The van der Waals surface area contributed by atoms with Crippen LogP contribution in [0.2, 0.25) is 0 Å². The second-order valence-electron chi connectivity index (χ2n) is 6.48. The zero-order chi connectivity index (χ0) is 16.9. The molecule has 2 heterocycles. The summed E-state index contributed by atoms with van der Waals surface area (Å²) >= 11 is 2.01. The molecular formula is C20H24N2O2S. The smallest absolute Gasteiger partial charge is 0.142 e. The van der Waals surface area contributed by atoms with Gasteiger partial charge in [0.15, 0.2) is 0 Å². The third-order valence-corrected chi connectivity index (χ3v) is 5.58. The van der Waals surface area contributed by atoms with Gasteiger partial charge >= 0.3 is 0 Å². The van der Waals surface area contributed by atoms with Gasteiger partial charge in [0.25, 0.3) is 0 Å². The molecule has 0 fully saturated rings. The lowest BCUT2D eigenvalue weighted by Crippen LogP contribution is -2.35. The summed E-state index contributed by atoms with van der Waals surface area (Å²) in [5.41, 5.74) is 2.59. The Balaban J connectivity index is 1.14. The van der Waals surface area contributed by atoms with Crippen LogP contribution in [0.5, 0.6) is 11.5 Å². The van der Waals surface area contributed by atoms with Crippen LogP contribution in [-0.2, 0) is 13.1 Å². The topological polar surface area (TPSA) is 24.9 Å². The molecule has 4 nitrogen and oxygen atoms in total. The summed E-state index contributed by atoms with van der Waals surface area (Å²) in [6, 6.07) is 16.7. The molecule has 0 unspecified atom stereocenters. The number of rotatable bonds is 6. The Labute approximate surface area is 153 Å². The maximum Gasteiger partial charge on any atom is 0.142 e. The van der Waals surface area contributed by atoms with E-state index in [1.807, 2.05) is 23.9 Å². The first-order valence-corrected chi connectivity index (χ1v) is 9.98. The molecule has 25 heavy (non-hydrogen) atoms. The standard InChI is InChI=1S/C20H24N2O2S/c1-3-7-19-17(5-1)13-21(15-23-19)9-11-25-12-10-22-14-18-6-2-4-8-20(18)24-16-22/h1-8H,9-16H2. The fourth-order valence-corrected chi connectivity index (χ4v) is 4.20. The van der Waals surface area contributed by atoms with Gasteiger partial charge in [0, 0.05) is 48.8 Å². The molecule has 0 N–H and O–H groups in total. The fourth-order valence-electron chi connectivity index (χ4n) is 3.22. The molecule has 2 aliphatic heterocycles. The van der Waals surface area contributed by atoms with Gasteiger partial charge < -0.3 is 9.47 Å². The lowest BCUT2D eigenvalue weighted by Gasteiger charge is -2.29. The molecule has 0 aliphatic carbocycles. The van der Waals surface area contributed by atoms with E-state index < -0.39 is 0 Å². The summed E-state index contributed by atoms with van der Waals surface area (Å²) in [7, 11) is 0. The summed E-state index contributed by atoms with van der Waals surface area (Å²) in [6.07, 6.45) is 0. The van der Waals surface area contributed by atoms with E-state index in [0.717, 1.165) is 49.2 Å². The van der Waals surface area contributed by atoms with Gasteiger partial charge in [0.05, 0.1) is 0 Å². The van der Waals surface area contributed by atoms with Gasteiger partial charge in [-0.05, 0) is 12.1 Å². The van der Waals surface area contributed by atoms with E-state index in [0.29, 0.717) is 13.5 Å². The minimum atomic E-state index is 0.703. The molecule has 0 aromatic heterocycles. The molecule has 4 rings (SSSR count). The summed E-state index contributed by atoms with van der Waals surface area (Å²) in [6.45, 7) is 5.53. The zero-order valence-corrected chi connectivity index (χ0v) is 15.2. The number of hydrogen-bond acceptors (Lipinski definition) is 5. The van der Waals surface area contributed by atoms with E-state index >= 15 is 0 Å². The van der Waals surface area contributed by atoms with E-state index in [1.165, 1.54) is 11.1 Å². The average molecular weight is 356 g/mol. The summed E-state index contributed by atoms with van der Waals surface area (Å²) in [5.74, 6) is 4.35. The molecule has 5 heteroatoms. The lowest BCUT2D eigenvalue weighted by molar-refractivity contribution is 0.101. The molecule has 2 aromatic rings. The Hall–Kier alpha value is -1.69. The van der Waals surface area contributed by atoms with E-state index in [1.54, 1.807) is 0 Å². The molecule has 2 aromatic carbocycles. The third-order valence-electron chi connectivity index (χ3n) is 4.64. The number of fused-ring (bicyclic) bond motifs is 2. The van der Waals surface area contributed by atoms with Gasteiger partial charge in [-0.25, -0.2) is 0 Å². The van der Waals surface area contributed by atoms with Crippen molar-refractivity contribution in [3.05, 3.63) is 59.7 Å². The number of para-hydroxylation sites is 2. The van der Waals surface area contributed by atoms with Gasteiger partial charge in [0.1, 0.15) is 25.0 Å². The minimum Gasteiger partial charge on any atom is -0.478 e. The molecule has 0 spiro atoms. The molecule has 2 aliphatic rings. The number of benzene rings is 2. The second-order valence-corrected chi connectivity index (χ2v) is 7.70. The van der Waals surface area contributed by atoms with Crippen molar-refractivity contribution in [3.63, 3.8) is 0 Å². The van der Waals surface area contributed by atoms with Crippen molar-refractivity contribution in [1.29, 1.82) is 0 Å². The Morgan fingerprint density at radius 1 is 0.720 bits per heavy atom. The molecule has 0 amide bonds. The van der Waals surface area contributed by atoms with E-state index in [9.17, 15) is 0 Å². The molecular weight excluding hydrogens is 332 g/mol. The maximum atomic E-state index is 5.81. The first-order chi connectivity index (χ1) is 12.4. The van der Waals surface area contributed by atoms with E-state index in [2.05, 4.69) is 46.2 Å². The molecule has 0 saturated heterocycles. The van der Waals surface area contributed by atoms with Gasteiger partial charge in [0.2, 0.25) is 0 Å². The van der Waals surface area contributed by atoms with Crippen molar-refractivity contribution < 1.29 is 9.47 Å². The largest absolute Gasteiger partial charge is 0.478 e. The Kier molecular flexibility index (Phi) is 5.45. The van der Waals surface area contributed by atoms with Crippen LogP contribution in [0.4, 0.5) is 0 Å². The van der Waals surface area contributed by atoms with Crippen molar-refractivity contribution >= 4 is 11.8 Å². The monoisotopic (exact) mass is 356 g/mol. The lowest BCUT2D eigenvalue weighted by atomic mass is 10.2. The van der Waals surface area contributed by atoms with Gasteiger partial charge in [-0.1, -0.05) is 36.4 Å². The Bertz CT molecular complexity index is 650. The van der Waals surface area contributed by atoms with E-state index in [-0.39, 0.29) is 0 Å². The number of ether oxygens (including phenoxy) is 2. The van der Waals surface area contributed by atoms with Gasteiger partial charge in [-0.2, -0.15) is 11.8 Å². The predicted octanol–water partition coefficient (Wildman–Crippen LogP) is 3.42. The number of hydrogen-bond donors (Lipinski definition) is 0. The van der Waals surface area contributed by atoms with Crippen LogP contribution < -0.4 is 9.47 Å². The third kappa shape index (κ3) is 4.29. The minimum absolute atomic E-state index is 0.703. The summed E-state index contributed by atoms with van der Waals surface area (Å²) in [5, 5.41) is 0. The Morgan fingerprint density at radius 2 is 1.20 bits per heavy atom. The predicted molar refractivity (Wildman–Crippen MR) is 102 cm³/mol. The number of thioether (sulfide) groups is 1. The van der Waals surface area contributed by atoms with Crippen LogP contribution in [0.1, 0.15) is 11.1 Å². The van der Waals surface area contributed by atoms with Crippen LogP contribution in [-0.4, -0.2) is 47.9 Å². The quantitative estimate of drug-likeness (QED) is 0.739.